The average molecular weight is 543 g/mol. The Morgan fingerprint density at radius 3 is 2.65 bits per heavy atom. The molecule has 0 saturated heterocycles. The van der Waals surface area contributed by atoms with Crippen LogP contribution in [0.2, 0.25) is 5.02 Å². The van der Waals surface area contributed by atoms with Gasteiger partial charge in [0, 0.05) is 35.9 Å². The summed E-state index contributed by atoms with van der Waals surface area (Å²) >= 11 is 7.44. The first-order valence-electron chi connectivity index (χ1n) is 11.3. The maximum atomic E-state index is 14.1. The summed E-state index contributed by atoms with van der Waals surface area (Å²) in [5.41, 5.74) is 1.56. The lowest BCUT2D eigenvalue weighted by Crippen LogP contribution is -2.40. The van der Waals surface area contributed by atoms with Gasteiger partial charge in [0.15, 0.2) is 11.6 Å². The largest absolute Gasteiger partial charge is 0.494 e. The van der Waals surface area contributed by atoms with E-state index in [1.165, 1.54) is 17.7 Å². The van der Waals surface area contributed by atoms with E-state index in [1.54, 1.807) is 12.3 Å². The first-order valence-corrected chi connectivity index (χ1v) is 12.5. The molecule has 37 heavy (non-hydrogen) atoms. The third-order valence-corrected chi connectivity index (χ3v) is 7.62. The van der Waals surface area contributed by atoms with E-state index in [0.29, 0.717) is 20.7 Å². The Labute approximate surface area is 220 Å². The fraction of sp³-hybridized carbons (Fsp3) is 0.320. The Morgan fingerprint density at radius 2 is 2.00 bits per heavy atom. The van der Waals surface area contributed by atoms with Gasteiger partial charge in [0.2, 0.25) is 0 Å². The number of nitrogens with zero attached hydrogens (tertiary/aromatic N) is 6. The van der Waals surface area contributed by atoms with Gasteiger partial charge in [-0.1, -0.05) is 11.6 Å². The predicted octanol–water partition coefficient (Wildman–Crippen LogP) is 4.08. The van der Waals surface area contributed by atoms with Gasteiger partial charge in [-0.3, -0.25) is 18.9 Å². The van der Waals surface area contributed by atoms with Crippen molar-refractivity contribution in [1.29, 1.82) is 5.26 Å². The number of ether oxygens (including phenoxy) is 1. The van der Waals surface area contributed by atoms with Crippen LogP contribution in [0.25, 0.3) is 20.7 Å². The Balaban J connectivity index is 1.76. The van der Waals surface area contributed by atoms with E-state index < -0.39 is 17.1 Å². The van der Waals surface area contributed by atoms with Crippen molar-refractivity contribution in [3.8, 4) is 22.3 Å². The van der Waals surface area contributed by atoms with Crippen molar-refractivity contribution < 1.29 is 9.13 Å². The number of hydrogen-bond acceptors (Lipinski definition) is 7. The van der Waals surface area contributed by atoms with Crippen LogP contribution in [0, 0.1) is 31.0 Å². The molecule has 12 heteroatoms. The van der Waals surface area contributed by atoms with Crippen molar-refractivity contribution in [2.75, 3.05) is 13.7 Å². The monoisotopic (exact) mass is 542 g/mol. The van der Waals surface area contributed by atoms with Crippen LogP contribution in [0.5, 0.6) is 5.75 Å². The average Bonchev–Trinajstić information content (AvgIpc) is 3.41. The minimum Gasteiger partial charge on any atom is -0.494 e. The predicted molar refractivity (Wildman–Crippen MR) is 143 cm³/mol. The molecule has 1 aromatic carbocycles. The summed E-state index contributed by atoms with van der Waals surface area (Å²) in [6.07, 6.45) is 1.72. The van der Waals surface area contributed by atoms with Crippen molar-refractivity contribution in [3.05, 3.63) is 67.1 Å². The second kappa shape index (κ2) is 10.7. The molecule has 0 radical (unpaired) electrons. The SMILES string of the molecule is COc1cc(-c2cc3c(s2)c(=O)n(CCN=Cc2nc(C)n(C)c2C)c(=O)n3CCC#N)c(Cl)cc1F. The van der Waals surface area contributed by atoms with Crippen LogP contribution >= 0.6 is 22.9 Å². The summed E-state index contributed by atoms with van der Waals surface area (Å²) < 4.78 is 24.0. The van der Waals surface area contributed by atoms with Gasteiger partial charge in [-0.15, -0.1) is 11.3 Å². The van der Waals surface area contributed by atoms with Crippen LogP contribution in [0.15, 0.2) is 32.8 Å². The number of halogens is 2. The Morgan fingerprint density at radius 1 is 1.24 bits per heavy atom. The Kier molecular flexibility index (Phi) is 7.61. The number of thiophene rings is 1. The number of aryl methyl sites for hydroxylation is 2. The van der Waals surface area contributed by atoms with Crippen LogP contribution in [0.3, 0.4) is 0 Å². The van der Waals surface area contributed by atoms with Crippen molar-refractivity contribution in [2.45, 2.75) is 33.4 Å². The normalized spacial score (nSPS) is 11.5. The molecule has 0 atom stereocenters. The van der Waals surface area contributed by atoms with Gasteiger partial charge in [-0.25, -0.2) is 14.2 Å². The third-order valence-electron chi connectivity index (χ3n) is 6.17. The molecule has 0 aliphatic rings. The van der Waals surface area contributed by atoms with Gasteiger partial charge in [-0.2, -0.15) is 5.26 Å². The van der Waals surface area contributed by atoms with Crippen LogP contribution < -0.4 is 16.0 Å². The van der Waals surface area contributed by atoms with Gasteiger partial charge >= 0.3 is 5.69 Å². The molecule has 3 aromatic heterocycles. The van der Waals surface area contributed by atoms with E-state index >= 15 is 0 Å². The summed E-state index contributed by atoms with van der Waals surface area (Å²) in [5.74, 6) is 0.253. The van der Waals surface area contributed by atoms with Crippen molar-refractivity contribution in [3.63, 3.8) is 0 Å². The molecule has 0 amide bonds. The Hall–Kier alpha value is -3.75. The summed E-state index contributed by atoms with van der Waals surface area (Å²) in [6, 6.07) is 6.29. The smallest absolute Gasteiger partial charge is 0.331 e. The number of hydrogen-bond donors (Lipinski definition) is 0. The van der Waals surface area contributed by atoms with Crippen LogP contribution in [-0.2, 0) is 20.1 Å². The molecule has 192 valence electrons. The standard InChI is InChI=1S/C25H24ClFN6O3S/c1-14-19(30-15(2)31(14)3)13-29-7-9-33-24(34)23-20(32(25(33)35)8-5-6-28)12-22(37-23)16-10-21(36-4)18(27)11-17(16)26/h10-13H,5,7-9H2,1-4H3. The quantitative estimate of drug-likeness (QED) is 0.312. The third kappa shape index (κ3) is 4.95. The zero-order valence-corrected chi connectivity index (χ0v) is 22.3. The van der Waals surface area contributed by atoms with Crippen molar-refractivity contribution >= 4 is 39.4 Å². The molecule has 0 fully saturated rings. The summed E-state index contributed by atoms with van der Waals surface area (Å²) in [6.45, 7) is 4.18. The molecule has 0 bridgehead atoms. The number of benzene rings is 1. The van der Waals surface area contributed by atoms with E-state index in [0.717, 1.165) is 39.2 Å². The van der Waals surface area contributed by atoms with Crippen molar-refractivity contribution in [2.24, 2.45) is 12.0 Å². The van der Waals surface area contributed by atoms with Gasteiger partial charge in [0.05, 0.1) is 43.2 Å². The molecule has 0 N–H and O–H groups in total. The zero-order chi connectivity index (χ0) is 26.9. The lowest BCUT2D eigenvalue weighted by atomic mass is 10.1. The second-order valence-corrected chi connectivity index (χ2v) is 9.77. The number of methoxy groups -OCH3 is 1. The molecular weight excluding hydrogens is 519 g/mol. The van der Waals surface area contributed by atoms with E-state index in [1.807, 2.05) is 31.5 Å². The molecule has 4 aromatic rings. The Bertz CT molecular complexity index is 1690. The number of fused-ring (bicyclic) bond motifs is 1. The fourth-order valence-corrected chi connectivity index (χ4v) is 5.40. The molecule has 0 aliphatic carbocycles. The lowest BCUT2D eigenvalue weighted by Gasteiger charge is -2.10. The number of aromatic nitrogens is 4. The molecule has 0 spiro atoms. The number of nitriles is 1. The van der Waals surface area contributed by atoms with Gasteiger partial charge in [-0.05, 0) is 32.0 Å². The molecular formula is C25H24ClFN6O3S. The molecule has 4 rings (SSSR count). The highest BCUT2D eigenvalue weighted by molar-refractivity contribution is 7.22. The van der Waals surface area contributed by atoms with E-state index in [-0.39, 0.29) is 36.8 Å². The van der Waals surface area contributed by atoms with Crippen molar-refractivity contribution in [1.82, 2.24) is 18.7 Å². The zero-order valence-electron chi connectivity index (χ0n) is 20.7. The minimum absolute atomic E-state index is 0.00679. The van der Waals surface area contributed by atoms with Crippen LogP contribution in [0.1, 0.15) is 23.6 Å². The number of imidazole rings is 1. The first kappa shape index (κ1) is 26.3. The van der Waals surface area contributed by atoms with Crippen LogP contribution in [0.4, 0.5) is 4.39 Å². The van der Waals surface area contributed by atoms with E-state index in [4.69, 9.17) is 21.6 Å². The minimum atomic E-state index is -0.609. The highest BCUT2D eigenvalue weighted by Gasteiger charge is 2.19. The second-order valence-electron chi connectivity index (χ2n) is 8.31. The van der Waals surface area contributed by atoms with Gasteiger partial charge < -0.3 is 9.30 Å². The highest BCUT2D eigenvalue weighted by atomic mass is 35.5. The number of aliphatic imine (C=N–C) groups is 1. The molecule has 0 unspecified atom stereocenters. The summed E-state index contributed by atoms with van der Waals surface area (Å²) in [5, 5.41) is 9.26. The number of rotatable bonds is 8. The fourth-order valence-electron chi connectivity index (χ4n) is 3.95. The van der Waals surface area contributed by atoms with E-state index in [2.05, 4.69) is 9.98 Å². The van der Waals surface area contributed by atoms with Crippen LogP contribution in [-0.4, -0.2) is 38.6 Å². The maximum absolute atomic E-state index is 14.1. The molecule has 9 nitrogen and oxygen atoms in total. The summed E-state index contributed by atoms with van der Waals surface area (Å²) in [7, 11) is 3.26. The van der Waals surface area contributed by atoms with E-state index in [9.17, 15) is 14.0 Å². The maximum Gasteiger partial charge on any atom is 0.331 e. The van der Waals surface area contributed by atoms with Gasteiger partial charge in [0.1, 0.15) is 16.2 Å². The summed E-state index contributed by atoms with van der Waals surface area (Å²) in [4.78, 5) is 36.0. The molecule has 3 heterocycles. The highest BCUT2D eigenvalue weighted by Crippen LogP contribution is 2.38. The topological polar surface area (TPSA) is 107 Å². The lowest BCUT2D eigenvalue weighted by molar-refractivity contribution is 0.387. The molecule has 0 aliphatic heterocycles. The molecule has 0 saturated carbocycles. The first-order chi connectivity index (χ1) is 17.7. The van der Waals surface area contributed by atoms with Gasteiger partial charge in [0.25, 0.3) is 5.56 Å².